The molecule has 0 saturated heterocycles. The highest BCUT2D eigenvalue weighted by Gasteiger charge is 2.29. The minimum absolute atomic E-state index is 0.125. The van der Waals surface area contributed by atoms with Crippen LogP contribution in [0.3, 0.4) is 0 Å². The summed E-state index contributed by atoms with van der Waals surface area (Å²) in [5.74, 6) is 0.276. The molecule has 0 fully saturated rings. The third-order valence-electron chi connectivity index (χ3n) is 5.29. The van der Waals surface area contributed by atoms with Crippen LogP contribution in [0, 0.1) is 6.92 Å². The van der Waals surface area contributed by atoms with Crippen LogP contribution in [0.25, 0.3) is 0 Å². The Hall–Kier alpha value is -2.34. The number of nitrogens with one attached hydrogen (secondary N) is 1. The average molecular weight is 489 g/mol. The number of carbonyl (C=O) groups excluding carboxylic acids is 2. The summed E-state index contributed by atoms with van der Waals surface area (Å²) in [6.07, 6.45) is 2.30. The van der Waals surface area contributed by atoms with E-state index >= 15 is 0 Å². The number of rotatable bonds is 11. The zero-order chi connectivity index (χ0) is 22.8. The number of benzene rings is 2. The maximum absolute atomic E-state index is 13.3. The highest BCUT2D eigenvalue weighted by atomic mass is 79.9. The number of hydrogen-bond donors (Lipinski definition) is 1. The van der Waals surface area contributed by atoms with Crippen LogP contribution < -0.4 is 10.1 Å². The molecule has 2 aromatic carbocycles. The van der Waals surface area contributed by atoms with Gasteiger partial charge in [0.05, 0.1) is 4.47 Å². The molecular weight excluding hydrogens is 456 g/mol. The average Bonchev–Trinajstić information content (AvgIpc) is 2.77. The Morgan fingerprint density at radius 2 is 1.87 bits per heavy atom. The maximum atomic E-state index is 13.3. The van der Waals surface area contributed by atoms with E-state index in [1.807, 2.05) is 63.2 Å². The lowest BCUT2D eigenvalue weighted by atomic mass is 10.1. The third kappa shape index (κ3) is 7.10. The van der Waals surface area contributed by atoms with E-state index in [2.05, 4.69) is 28.2 Å². The van der Waals surface area contributed by atoms with Crippen LogP contribution in [0.15, 0.2) is 46.9 Å². The van der Waals surface area contributed by atoms with Crippen molar-refractivity contribution in [3.05, 3.63) is 63.6 Å². The SMILES string of the molecule is CCCNC(=O)[C@@H](CC)N(Cc1ccccc1C)C(=O)COc1ccc(CC)cc1Br. The van der Waals surface area contributed by atoms with E-state index in [1.165, 1.54) is 5.56 Å². The molecule has 0 spiro atoms. The summed E-state index contributed by atoms with van der Waals surface area (Å²) >= 11 is 3.52. The van der Waals surface area contributed by atoms with Gasteiger partial charge in [-0.25, -0.2) is 0 Å². The molecule has 6 heteroatoms. The number of nitrogens with zero attached hydrogens (tertiary/aromatic N) is 1. The zero-order valence-corrected chi connectivity index (χ0v) is 20.5. The first-order valence-electron chi connectivity index (χ1n) is 10.9. The van der Waals surface area contributed by atoms with Crippen molar-refractivity contribution in [2.24, 2.45) is 0 Å². The quantitative estimate of drug-likeness (QED) is 0.482. The summed E-state index contributed by atoms with van der Waals surface area (Å²) in [6.45, 7) is 8.86. The Labute approximate surface area is 194 Å². The Kier molecular flexibility index (Phi) is 10.0. The standard InChI is InChI=1S/C25H33BrN2O3/c1-5-14-27-25(30)22(7-3)28(16-20-11-9-8-10-18(20)4)24(29)17-31-23-13-12-19(6-2)15-21(23)26/h8-13,15,22H,5-7,14,16-17H2,1-4H3,(H,27,30)/t22-/m1/s1. The molecule has 0 aliphatic rings. The van der Waals surface area contributed by atoms with Gasteiger partial charge in [-0.15, -0.1) is 0 Å². The molecule has 0 bridgehead atoms. The van der Waals surface area contributed by atoms with Crippen molar-refractivity contribution < 1.29 is 14.3 Å². The van der Waals surface area contributed by atoms with Gasteiger partial charge in [-0.05, 0) is 70.9 Å². The van der Waals surface area contributed by atoms with Crippen molar-refractivity contribution in [3.8, 4) is 5.75 Å². The molecule has 2 amide bonds. The second-order valence-corrected chi connectivity index (χ2v) is 8.42. The minimum Gasteiger partial charge on any atom is -0.483 e. The van der Waals surface area contributed by atoms with Crippen LogP contribution in [0.2, 0.25) is 0 Å². The molecule has 5 nitrogen and oxygen atoms in total. The van der Waals surface area contributed by atoms with E-state index < -0.39 is 6.04 Å². The molecule has 0 heterocycles. The van der Waals surface area contributed by atoms with Crippen molar-refractivity contribution in [2.75, 3.05) is 13.2 Å². The highest BCUT2D eigenvalue weighted by Crippen LogP contribution is 2.26. The van der Waals surface area contributed by atoms with Crippen LogP contribution in [0.5, 0.6) is 5.75 Å². The number of carbonyl (C=O) groups is 2. The van der Waals surface area contributed by atoms with E-state index in [4.69, 9.17) is 4.74 Å². The van der Waals surface area contributed by atoms with E-state index in [0.29, 0.717) is 25.3 Å². The monoisotopic (exact) mass is 488 g/mol. The van der Waals surface area contributed by atoms with Crippen molar-refractivity contribution >= 4 is 27.7 Å². The Morgan fingerprint density at radius 3 is 2.48 bits per heavy atom. The first-order valence-corrected chi connectivity index (χ1v) is 11.7. The zero-order valence-electron chi connectivity index (χ0n) is 18.9. The van der Waals surface area contributed by atoms with Crippen LogP contribution in [-0.2, 0) is 22.6 Å². The fourth-order valence-corrected chi connectivity index (χ4v) is 3.90. The number of halogens is 1. The minimum atomic E-state index is -0.548. The topological polar surface area (TPSA) is 58.6 Å². The van der Waals surface area contributed by atoms with Crippen LogP contribution in [0.4, 0.5) is 0 Å². The Balaban J connectivity index is 2.22. The number of aryl methyl sites for hydroxylation is 2. The van der Waals surface area contributed by atoms with Gasteiger partial charge >= 0.3 is 0 Å². The van der Waals surface area contributed by atoms with Gasteiger partial charge in [0, 0.05) is 13.1 Å². The second-order valence-electron chi connectivity index (χ2n) is 7.57. The summed E-state index contributed by atoms with van der Waals surface area (Å²) in [5.41, 5.74) is 3.29. The van der Waals surface area contributed by atoms with Crippen LogP contribution in [-0.4, -0.2) is 35.9 Å². The van der Waals surface area contributed by atoms with Gasteiger partial charge in [-0.2, -0.15) is 0 Å². The van der Waals surface area contributed by atoms with Gasteiger partial charge in [-0.3, -0.25) is 9.59 Å². The molecule has 2 rings (SSSR count). The van der Waals surface area contributed by atoms with Gasteiger partial charge in [0.2, 0.25) is 5.91 Å². The lowest BCUT2D eigenvalue weighted by molar-refractivity contribution is -0.143. The third-order valence-corrected chi connectivity index (χ3v) is 5.91. The summed E-state index contributed by atoms with van der Waals surface area (Å²) in [7, 11) is 0. The van der Waals surface area contributed by atoms with Crippen molar-refractivity contribution in [2.45, 2.75) is 59.5 Å². The molecule has 0 aliphatic carbocycles. The predicted molar refractivity (Wildman–Crippen MR) is 128 cm³/mol. The molecule has 0 radical (unpaired) electrons. The van der Waals surface area contributed by atoms with Crippen molar-refractivity contribution in [1.82, 2.24) is 10.2 Å². The van der Waals surface area contributed by atoms with E-state index in [1.54, 1.807) is 4.90 Å². The normalized spacial score (nSPS) is 11.6. The number of hydrogen-bond acceptors (Lipinski definition) is 3. The summed E-state index contributed by atoms with van der Waals surface area (Å²) in [5, 5.41) is 2.93. The molecular formula is C25H33BrN2O3. The summed E-state index contributed by atoms with van der Waals surface area (Å²) in [6, 6.07) is 13.2. The fraction of sp³-hybridized carbons (Fsp3) is 0.440. The van der Waals surface area contributed by atoms with Crippen molar-refractivity contribution in [3.63, 3.8) is 0 Å². The van der Waals surface area contributed by atoms with E-state index in [-0.39, 0.29) is 18.4 Å². The molecule has 0 saturated carbocycles. The van der Waals surface area contributed by atoms with Gasteiger partial charge < -0.3 is 15.0 Å². The van der Waals surface area contributed by atoms with Gasteiger partial charge in [0.1, 0.15) is 11.8 Å². The Bertz CT molecular complexity index is 885. The largest absolute Gasteiger partial charge is 0.483 e. The molecule has 168 valence electrons. The maximum Gasteiger partial charge on any atom is 0.261 e. The fourth-order valence-electron chi connectivity index (χ4n) is 3.36. The molecule has 31 heavy (non-hydrogen) atoms. The van der Waals surface area contributed by atoms with Gasteiger partial charge in [0.15, 0.2) is 6.61 Å². The second kappa shape index (κ2) is 12.5. The highest BCUT2D eigenvalue weighted by molar-refractivity contribution is 9.10. The van der Waals surface area contributed by atoms with Crippen LogP contribution >= 0.6 is 15.9 Å². The van der Waals surface area contributed by atoms with Gasteiger partial charge in [0.25, 0.3) is 5.91 Å². The number of ether oxygens (including phenoxy) is 1. The molecule has 0 aromatic heterocycles. The van der Waals surface area contributed by atoms with Gasteiger partial charge in [-0.1, -0.05) is 51.1 Å². The molecule has 2 aromatic rings. The van der Waals surface area contributed by atoms with E-state index in [9.17, 15) is 9.59 Å². The van der Waals surface area contributed by atoms with Crippen LogP contribution in [0.1, 0.15) is 50.3 Å². The molecule has 0 unspecified atom stereocenters. The first kappa shape index (κ1) is 24.9. The lowest BCUT2D eigenvalue weighted by Crippen LogP contribution is -2.50. The Morgan fingerprint density at radius 1 is 1.13 bits per heavy atom. The lowest BCUT2D eigenvalue weighted by Gasteiger charge is -2.31. The molecule has 1 N–H and O–H groups in total. The summed E-state index contributed by atoms with van der Waals surface area (Å²) < 4.78 is 6.65. The smallest absolute Gasteiger partial charge is 0.261 e. The number of amides is 2. The van der Waals surface area contributed by atoms with Crippen molar-refractivity contribution in [1.29, 1.82) is 0 Å². The predicted octanol–water partition coefficient (Wildman–Crippen LogP) is 5.03. The summed E-state index contributed by atoms with van der Waals surface area (Å²) in [4.78, 5) is 27.7. The molecule has 1 atom stereocenters. The molecule has 0 aliphatic heterocycles. The first-order chi connectivity index (χ1) is 14.9. The van der Waals surface area contributed by atoms with E-state index in [0.717, 1.165) is 28.4 Å².